The van der Waals surface area contributed by atoms with Gasteiger partial charge in [-0.1, -0.05) is 0 Å². The maximum atomic E-state index is 12.7. The van der Waals surface area contributed by atoms with Crippen molar-refractivity contribution < 1.29 is 14.3 Å². The average Bonchev–Trinajstić information content (AvgIpc) is 2.33. The van der Waals surface area contributed by atoms with Gasteiger partial charge in [0.1, 0.15) is 11.7 Å². The van der Waals surface area contributed by atoms with Crippen LogP contribution in [-0.4, -0.2) is 40.8 Å². The van der Waals surface area contributed by atoms with Gasteiger partial charge in [0.2, 0.25) is 0 Å². The normalized spacial score (nSPS) is 31.9. The van der Waals surface area contributed by atoms with Crippen LogP contribution < -0.4 is 0 Å². The molecule has 0 aliphatic carbocycles. The van der Waals surface area contributed by atoms with Crippen molar-refractivity contribution in [2.75, 3.05) is 13.1 Å². The van der Waals surface area contributed by atoms with Crippen LogP contribution in [0.2, 0.25) is 0 Å². The molecule has 13 heavy (non-hydrogen) atoms. The van der Waals surface area contributed by atoms with Crippen LogP contribution in [0, 0.1) is 0 Å². The first-order valence-electron chi connectivity index (χ1n) is 4.59. The summed E-state index contributed by atoms with van der Waals surface area (Å²) in [6, 6.07) is 0. The summed E-state index contributed by atoms with van der Waals surface area (Å²) in [6.45, 7) is 4.05. The standard InChI is InChI=1S/C9H16FNO2/c1-7(10)6-11-5-3-4-9(11,2)8(12)13/h7H,3-6H2,1-2H3,(H,12,13)/t7-,9-/m1/s1. The maximum absolute atomic E-state index is 12.7. The Labute approximate surface area is 77.5 Å². The van der Waals surface area contributed by atoms with Crippen LogP contribution in [-0.2, 0) is 4.79 Å². The number of rotatable bonds is 3. The van der Waals surface area contributed by atoms with E-state index in [4.69, 9.17) is 5.11 Å². The molecule has 0 aromatic carbocycles. The molecule has 2 atom stereocenters. The topological polar surface area (TPSA) is 40.5 Å². The molecule has 76 valence electrons. The van der Waals surface area contributed by atoms with Gasteiger partial charge in [-0.2, -0.15) is 0 Å². The van der Waals surface area contributed by atoms with Crippen molar-refractivity contribution in [3.8, 4) is 0 Å². The quantitative estimate of drug-likeness (QED) is 0.727. The first-order chi connectivity index (χ1) is 5.97. The minimum Gasteiger partial charge on any atom is -0.480 e. The van der Waals surface area contributed by atoms with E-state index in [2.05, 4.69) is 0 Å². The second-order valence-corrected chi connectivity index (χ2v) is 3.91. The predicted octanol–water partition coefficient (Wildman–Crippen LogP) is 1.28. The van der Waals surface area contributed by atoms with Crippen LogP contribution in [0.5, 0.6) is 0 Å². The van der Waals surface area contributed by atoms with Gasteiger partial charge in [0, 0.05) is 6.54 Å². The van der Waals surface area contributed by atoms with Crippen LogP contribution in [0.15, 0.2) is 0 Å². The summed E-state index contributed by atoms with van der Waals surface area (Å²) in [7, 11) is 0. The van der Waals surface area contributed by atoms with Gasteiger partial charge >= 0.3 is 5.97 Å². The fourth-order valence-electron chi connectivity index (χ4n) is 1.86. The predicted molar refractivity (Wildman–Crippen MR) is 47.4 cm³/mol. The summed E-state index contributed by atoms with van der Waals surface area (Å²) < 4.78 is 12.7. The highest BCUT2D eigenvalue weighted by atomic mass is 19.1. The van der Waals surface area contributed by atoms with Crippen molar-refractivity contribution in [1.82, 2.24) is 4.90 Å². The lowest BCUT2D eigenvalue weighted by Crippen LogP contribution is -2.49. The largest absolute Gasteiger partial charge is 0.480 e. The molecule has 0 aromatic heterocycles. The van der Waals surface area contributed by atoms with E-state index in [-0.39, 0.29) is 6.54 Å². The molecule has 0 spiro atoms. The second-order valence-electron chi connectivity index (χ2n) is 3.91. The summed E-state index contributed by atoms with van der Waals surface area (Å²) in [5.41, 5.74) is -0.847. The van der Waals surface area contributed by atoms with Gasteiger partial charge in [0.15, 0.2) is 0 Å². The van der Waals surface area contributed by atoms with Crippen molar-refractivity contribution in [3.63, 3.8) is 0 Å². The van der Waals surface area contributed by atoms with Crippen molar-refractivity contribution in [2.45, 2.75) is 38.4 Å². The summed E-state index contributed by atoms with van der Waals surface area (Å²) in [5.74, 6) is -0.842. The minimum atomic E-state index is -0.961. The fraction of sp³-hybridized carbons (Fsp3) is 0.889. The Bertz CT molecular complexity index is 208. The van der Waals surface area contributed by atoms with Crippen molar-refractivity contribution in [1.29, 1.82) is 0 Å². The first kappa shape index (κ1) is 10.4. The maximum Gasteiger partial charge on any atom is 0.323 e. The van der Waals surface area contributed by atoms with Gasteiger partial charge in [-0.15, -0.1) is 0 Å². The van der Waals surface area contributed by atoms with Gasteiger partial charge < -0.3 is 5.11 Å². The van der Waals surface area contributed by atoms with E-state index in [1.807, 2.05) is 0 Å². The van der Waals surface area contributed by atoms with Crippen LogP contribution >= 0.6 is 0 Å². The lowest BCUT2D eigenvalue weighted by Gasteiger charge is -2.31. The summed E-state index contributed by atoms with van der Waals surface area (Å²) >= 11 is 0. The SMILES string of the molecule is C[C@@H](F)CN1CCC[C@]1(C)C(=O)O. The van der Waals surface area contributed by atoms with Gasteiger partial charge in [0.05, 0.1) is 0 Å². The molecule has 4 heteroatoms. The van der Waals surface area contributed by atoms with E-state index >= 15 is 0 Å². The molecule has 1 saturated heterocycles. The van der Waals surface area contributed by atoms with E-state index < -0.39 is 17.7 Å². The molecule has 0 amide bonds. The van der Waals surface area contributed by atoms with E-state index in [0.29, 0.717) is 13.0 Å². The molecule has 0 radical (unpaired) electrons. The molecule has 1 rings (SSSR count). The summed E-state index contributed by atoms with van der Waals surface area (Å²) in [4.78, 5) is 12.7. The molecule has 0 aromatic rings. The number of carboxylic acid groups (broad SMARTS) is 1. The van der Waals surface area contributed by atoms with E-state index in [1.54, 1.807) is 11.8 Å². The highest BCUT2D eigenvalue weighted by Crippen LogP contribution is 2.29. The van der Waals surface area contributed by atoms with Crippen LogP contribution in [0.1, 0.15) is 26.7 Å². The Morgan fingerprint density at radius 2 is 2.38 bits per heavy atom. The smallest absolute Gasteiger partial charge is 0.323 e. The van der Waals surface area contributed by atoms with Gasteiger partial charge in [0.25, 0.3) is 0 Å². The average molecular weight is 189 g/mol. The molecule has 1 N–H and O–H groups in total. The van der Waals surface area contributed by atoms with Crippen LogP contribution in [0.25, 0.3) is 0 Å². The third-order valence-electron chi connectivity index (χ3n) is 2.72. The third-order valence-corrected chi connectivity index (χ3v) is 2.72. The number of hydrogen-bond donors (Lipinski definition) is 1. The first-order valence-corrected chi connectivity index (χ1v) is 4.59. The minimum absolute atomic E-state index is 0.225. The number of aliphatic carboxylic acids is 1. The number of carbonyl (C=O) groups is 1. The Morgan fingerprint density at radius 1 is 1.77 bits per heavy atom. The number of carboxylic acids is 1. The molecule has 1 aliphatic heterocycles. The fourth-order valence-corrected chi connectivity index (χ4v) is 1.86. The molecule has 0 bridgehead atoms. The number of halogens is 1. The zero-order chi connectivity index (χ0) is 10.1. The highest BCUT2D eigenvalue weighted by molar-refractivity contribution is 5.78. The zero-order valence-corrected chi connectivity index (χ0v) is 8.09. The molecule has 1 fully saturated rings. The second kappa shape index (κ2) is 3.62. The Hall–Kier alpha value is -0.640. The lowest BCUT2D eigenvalue weighted by molar-refractivity contribution is -0.148. The Kier molecular flexibility index (Phi) is 2.91. The molecule has 0 saturated carbocycles. The van der Waals surface area contributed by atoms with Gasteiger partial charge in [-0.25, -0.2) is 4.39 Å². The van der Waals surface area contributed by atoms with Crippen molar-refractivity contribution in [2.24, 2.45) is 0 Å². The highest BCUT2D eigenvalue weighted by Gasteiger charge is 2.43. The van der Waals surface area contributed by atoms with E-state index in [9.17, 15) is 9.18 Å². The van der Waals surface area contributed by atoms with E-state index in [1.165, 1.54) is 6.92 Å². The lowest BCUT2D eigenvalue weighted by atomic mass is 9.99. The van der Waals surface area contributed by atoms with E-state index in [0.717, 1.165) is 6.42 Å². The number of alkyl halides is 1. The third kappa shape index (κ3) is 1.99. The Morgan fingerprint density at radius 3 is 2.85 bits per heavy atom. The summed E-state index contributed by atoms with van der Waals surface area (Å²) in [6.07, 6.45) is 0.502. The zero-order valence-electron chi connectivity index (χ0n) is 8.09. The number of nitrogens with zero attached hydrogens (tertiary/aromatic N) is 1. The number of likely N-dealkylation sites (tertiary alicyclic amines) is 1. The summed E-state index contributed by atoms with van der Waals surface area (Å²) in [5, 5.41) is 8.99. The molecular formula is C9H16FNO2. The molecular weight excluding hydrogens is 173 g/mol. The van der Waals surface area contributed by atoms with Crippen molar-refractivity contribution in [3.05, 3.63) is 0 Å². The van der Waals surface area contributed by atoms with Crippen LogP contribution in [0.3, 0.4) is 0 Å². The Balaban J connectivity index is 2.68. The monoisotopic (exact) mass is 189 g/mol. The van der Waals surface area contributed by atoms with Gasteiger partial charge in [-0.3, -0.25) is 9.69 Å². The number of hydrogen-bond acceptors (Lipinski definition) is 2. The molecule has 3 nitrogen and oxygen atoms in total. The molecule has 0 unspecified atom stereocenters. The van der Waals surface area contributed by atoms with Gasteiger partial charge in [-0.05, 0) is 33.2 Å². The van der Waals surface area contributed by atoms with Crippen LogP contribution in [0.4, 0.5) is 4.39 Å². The molecule has 1 heterocycles. The van der Waals surface area contributed by atoms with Crippen molar-refractivity contribution >= 4 is 5.97 Å². The molecule has 1 aliphatic rings.